The fourth-order valence-electron chi connectivity index (χ4n) is 1.06. The van der Waals surface area contributed by atoms with Crippen molar-refractivity contribution in [3.63, 3.8) is 0 Å². The molecule has 2 N–H and O–H groups in total. The van der Waals surface area contributed by atoms with Gasteiger partial charge in [-0.05, 0) is 33.3 Å². The number of primary amides is 1. The zero-order valence-corrected chi connectivity index (χ0v) is 19.9. The molecule has 9 heteroatoms. The minimum atomic E-state index is -0.481. The van der Waals surface area contributed by atoms with Crippen LogP contribution in [0.15, 0.2) is 49.1 Å². The first-order valence-electron chi connectivity index (χ1n) is 9.76. The molecule has 0 aromatic rings. The van der Waals surface area contributed by atoms with Gasteiger partial charge in [-0.1, -0.05) is 39.7 Å². The monoisotopic (exact) mass is 455 g/mol. The van der Waals surface area contributed by atoms with E-state index in [1.807, 2.05) is 0 Å². The predicted octanol–water partition coefficient (Wildman–Crippen LogP) is 2.80. The Balaban J connectivity index is -0.000000363. The lowest BCUT2D eigenvalue weighted by Gasteiger charge is -2.01. The Morgan fingerprint density at radius 3 is 1.62 bits per heavy atom. The van der Waals surface area contributed by atoms with E-state index in [9.17, 15) is 19.2 Å². The molecule has 1 amide bonds. The Morgan fingerprint density at radius 1 is 0.969 bits per heavy atom. The van der Waals surface area contributed by atoms with Gasteiger partial charge in [-0.15, -0.1) is 0 Å². The van der Waals surface area contributed by atoms with Crippen molar-refractivity contribution in [2.45, 2.75) is 46.6 Å². The summed E-state index contributed by atoms with van der Waals surface area (Å²) in [6.07, 6.45) is 3.17. The average molecular weight is 456 g/mol. The summed E-state index contributed by atoms with van der Waals surface area (Å²) >= 11 is 0. The average Bonchev–Trinajstić information content (AvgIpc) is 3.57. The second-order valence-corrected chi connectivity index (χ2v) is 6.48. The molecule has 182 valence electrons. The van der Waals surface area contributed by atoms with Gasteiger partial charge in [0, 0.05) is 16.7 Å². The first-order valence-corrected chi connectivity index (χ1v) is 9.76. The van der Waals surface area contributed by atoms with Gasteiger partial charge in [0.2, 0.25) is 5.91 Å². The molecule has 1 aliphatic rings. The summed E-state index contributed by atoms with van der Waals surface area (Å²) in [5, 5.41) is 0. The third kappa shape index (κ3) is 26.8. The number of epoxide rings is 1. The van der Waals surface area contributed by atoms with E-state index in [4.69, 9.17) is 14.2 Å². The van der Waals surface area contributed by atoms with Crippen LogP contribution in [0, 0.1) is 0 Å². The van der Waals surface area contributed by atoms with E-state index in [1.54, 1.807) is 20.8 Å². The van der Waals surface area contributed by atoms with Crippen LogP contribution in [-0.2, 0) is 38.1 Å². The van der Waals surface area contributed by atoms with Gasteiger partial charge in [0.15, 0.2) is 0 Å². The molecule has 1 fully saturated rings. The summed E-state index contributed by atoms with van der Waals surface area (Å²) in [4.78, 5) is 41.1. The van der Waals surface area contributed by atoms with Gasteiger partial charge in [0.05, 0.1) is 20.3 Å². The van der Waals surface area contributed by atoms with E-state index < -0.39 is 5.91 Å². The van der Waals surface area contributed by atoms with Crippen LogP contribution in [0.1, 0.15) is 40.5 Å². The topological polar surface area (TPSA) is 135 Å². The number of esters is 3. The minimum Gasteiger partial charge on any atom is -0.466 e. The van der Waals surface area contributed by atoms with Crippen LogP contribution in [0.25, 0.3) is 0 Å². The Bertz CT molecular complexity index is 663. The van der Waals surface area contributed by atoms with Crippen molar-refractivity contribution in [1.82, 2.24) is 0 Å². The molecule has 1 rings (SSSR count). The largest absolute Gasteiger partial charge is 0.466 e. The van der Waals surface area contributed by atoms with Crippen LogP contribution in [0.4, 0.5) is 0 Å². The number of amides is 1. The summed E-state index contributed by atoms with van der Waals surface area (Å²) in [6.45, 7) is 21.9. The fourth-order valence-corrected chi connectivity index (χ4v) is 1.06. The Morgan fingerprint density at radius 2 is 1.38 bits per heavy atom. The molecule has 0 bridgehead atoms. The molecule has 0 radical (unpaired) electrons. The van der Waals surface area contributed by atoms with E-state index in [0.29, 0.717) is 36.5 Å². The number of hydrogen-bond acceptors (Lipinski definition) is 8. The fraction of sp³-hybridized carbons (Fsp3) is 0.478. The highest BCUT2D eigenvalue weighted by molar-refractivity contribution is 5.87. The normalized spacial score (nSPS) is 12.3. The van der Waals surface area contributed by atoms with Gasteiger partial charge >= 0.3 is 17.9 Å². The molecule has 0 aromatic heterocycles. The van der Waals surface area contributed by atoms with Crippen LogP contribution < -0.4 is 5.73 Å². The molecule has 0 spiro atoms. The zero-order valence-electron chi connectivity index (χ0n) is 19.9. The van der Waals surface area contributed by atoms with Crippen LogP contribution in [0.5, 0.6) is 0 Å². The van der Waals surface area contributed by atoms with E-state index >= 15 is 0 Å². The molecule has 1 unspecified atom stereocenters. The SMILES string of the molecule is C=C(C)C(=O)OC.C=C(C)C(=O)OCC1CO1.C=C(C)C(=O)OCCCC.C=CC(N)=O. The van der Waals surface area contributed by atoms with Gasteiger partial charge in [-0.25, -0.2) is 14.4 Å². The molecular weight excluding hydrogens is 418 g/mol. The standard InChI is InChI=1S/C8H14O2.C7H10O3.C5H8O2.C3H5NO/c1-4-5-6-10-8(9)7(2)3;1-5(2)7(8)10-4-6-3-9-6;1-4(2)5(6)7-3;1-2-3(4)5/h2,4-6H2,1,3H3;6H,1,3-4H2,2H3;1H2,2-3H3;2H,1H2,(H2,4,5). The van der Waals surface area contributed by atoms with Gasteiger partial charge in [-0.3, -0.25) is 4.79 Å². The molecule has 0 saturated carbocycles. The van der Waals surface area contributed by atoms with Gasteiger partial charge in [-0.2, -0.15) is 0 Å². The van der Waals surface area contributed by atoms with Crippen molar-refractivity contribution in [1.29, 1.82) is 0 Å². The minimum absolute atomic E-state index is 0.142. The van der Waals surface area contributed by atoms with Gasteiger partial charge < -0.3 is 24.7 Å². The number of hydrogen-bond donors (Lipinski definition) is 1. The zero-order chi connectivity index (χ0) is 25.7. The molecular formula is C23H37NO8. The summed E-state index contributed by atoms with van der Waals surface area (Å²) in [5.74, 6) is -1.45. The van der Waals surface area contributed by atoms with Crippen LogP contribution >= 0.6 is 0 Å². The van der Waals surface area contributed by atoms with Crippen LogP contribution in [0.2, 0.25) is 0 Å². The number of carbonyl (C=O) groups excluding carboxylic acids is 4. The van der Waals surface area contributed by atoms with E-state index in [2.05, 4.69) is 43.7 Å². The van der Waals surface area contributed by atoms with Crippen molar-refractivity contribution < 1.29 is 38.1 Å². The lowest BCUT2D eigenvalue weighted by Crippen LogP contribution is -2.09. The summed E-state index contributed by atoms with van der Waals surface area (Å²) in [5.41, 5.74) is 5.87. The maximum Gasteiger partial charge on any atom is 0.333 e. The van der Waals surface area contributed by atoms with E-state index in [-0.39, 0.29) is 24.0 Å². The van der Waals surface area contributed by atoms with Crippen LogP contribution in [-0.4, -0.2) is 56.8 Å². The number of rotatable bonds is 9. The van der Waals surface area contributed by atoms with Crippen LogP contribution in [0.3, 0.4) is 0 Å². The smallest absolute Gasteiger partial charge is 0.333 e. The summed E-state index contributed by atoms with van der Waals surface area (Å²) in [7, 11) is 1.33. The van der Waals surface area contributed by atoms with Gasteiger partial charge in [0.1, 0.15) is 12.7 Å². The van der Waals surface area contributed by atoms with Crippen molar-refractivity contribution in [2.75, 3.05) is 26.9 Å². The third-order valence-corrected chi connectivity index (χ3v) is 2.97. The number of nitrogens with two attached hydrogens (primary N) is 1. The number of ether oxygens (including phenoxy) is 4. The molecule has 0 aliphatic carbocycles. The molecule has 1 heterocycles. The predicted molar refractivity (Wildman–Crippen MR) is 122 cm³/mol. The highest BCUT2D eigenvalue weighted by Crippen LogP contribution is 2.09. The second kappa shape index (κ2) is 21.0. The third-order valence-electron chi connectivity index (χ3n) is 2.97. The van der Waals surface area contributed by atoms with Crippen molar-refractivity contribution in [3.05, 3.63) is 49.1 Å². The lowest BCUT2D eigenvalue weighted by molar-refractivity contribution is -0.140. The van der Waals surface area contributed by atoms with Crippen molar-refractivity contribution >= 4 is 23.8 Å². The van der Waals surface area contributed by atoms with E-state index in [1.165, 1.54) is 7.11 Å². The molecule has 32 heavy (non-hydrogen) atoms. The van der Waals surface area contributed by atoms with Crippen molar-refractivity contribution in [2.24, 2.45) is 5.73 Å². The summed E-state index contributed by atoms with van der Waals surface area (Å²) < 4.78 is 18.7. The summed E-state index contributed by atoms with van der Waals surface area (Å²) in [6, 6.07) is 0. The molecule has 1 atom stereocenters. The quantitative estimate of drug-likeness (QED) is 0.184. The number of methoxy groups -OCH3 is 1. The molecule has 1 aliphatic heterocycles. The first-order chi connectivity index (χ1) is 14.8. The highest BCUT2D eigenvalue weighted by atomic mass is 16.6. The first kappa shape index (κ1) is 33.4. The maximum absolute atomic E-state index is 10.7. The van der Waals surface area contributed by atoms with Gasteiger partial charge in [0.25, 0.3) is 0 Å². The van der Waals surface area contributed by atoms with E-state index in [0.717, 1.165) is 18.9 Å². The second-order valence-electron chi connectivity index (χ2n) is 6.48. The lowest BCUT2D eigenvalue weighted by atomic mass is 10.3. The Labute approximate surface area is 190 Å². The molecule has 0 aromatic carbocycles. The number of unbranched alkanes of at least 4 members (excludes halogenated alkanes) is 1. The molecule has 1 saturated heterocycles. The Kier molecular flexibility index (Phi) is 22.0. The highest BCUT2D eigenvalue weighted by Gasteiger charge is 2.24. The Hall–Kier alpha value is -3.20. The van der Waals surface area contributed by atoms with Crippen molar-refractivity contribution in [3.8, 4) is 0 Å². The number of carbonyl (C=O) groups is 4. The molecule has 9 nitrogen and oxygen atoms in total. The maximum atomic E-state index is 10.7.